The quantitative estimate of drug-likeness (QED) is 0.801. The first kappa shape index (κ1) is 15.5. The number of halogens is 1. The average molecular weight is 323 g/mol. The van der Waals surface area contributed by atoms with Gasteiger partial charge in [-0.2, -0.15) is 0 Å². The largest absolute Gasteiger partial charge is 0.356 e. The van der Waals surface area contributed by atoms with Crippen LogP contribution in [0.5, 0.6) is 0 Å². The summed E-state index contributed by atoms with van der Waals surface area (Å²) in [5.74, 6) is 2.39. The molecule has 1 amide bonds. The van der Waals surface area contributed by atoms with E-state index in [2.05, 4.69) is 9.88 Å². The van der Waals surface area contributed by atoms with E-state index in [0.29, 0.717) is 18.8 Å². The predicted molar refractivity (Wildman–Crippen MR) is 87.3 cm³/mol. The van der Waals surface area contributed by atoms with E-state index >= 15 is 0 Å². The zero-order valence-electron chi connectivity index (χ0n) is 13.1. The van der Waals surface area contributed by atoms with Crippen LogP contribution in [0.3, 0.4) is 0 Å². The van der Waals surface area contributed by atoms with Gasteiger partial charge in [0.15, 0.2) is 0 Å². The van der Waals surface area contributed by atoms with E-state index in [9.17, 15) is 4.79 Å². The van der Waals surface area contributed by atoms with Gasteiger partial charge >= 0.3 is 0 Å². The van der Waals surface area contributed by atoms with Crippen molar-refractivity contribution in [3.8, 4) is 0 Å². The van der Waals surface area contributed by atoms with Crippen LogP contribution in [0.4, 0.5) is 5.82 Å². The molecule has 3 rings (SSSR count). The molecule has 0 radical (unpaired) electrons. The SMILES string of the molecule is Cc1nc2c(c(N3CCCCC3)n1)CN(C(=O)CCCl)CC2. The third kappa shape index (κ3) is 3.19. The number of aromatic nitrogens is 2. The number of carbonyl (C=O) groups excluding carboxylic acids is 1. The molecule has 1 aromatic rings. The summed E-state index contributed by atoms with van der Waals surface area (Å²) >= 11 is 5.71. The monoisotopic (exact) mass is 322 g/mol. The normalized spacial score (nSPS) is 18.3. The molecule has 0 atom stereocenters. The van der Waals surface area contributed by atoms with Crippen molar-refractivity contribution >= 4 is 23.3 Å². The molecule has 120 valence electrons. The maximum atomic E-state index is 12.1. The lowest BCUT2D eigenvalue weighted by Crippen LogP contribution is -2.39. The van der Waals surface area contributed by atoms with Crippen molar-refractivity contribution < 1.29 is 4.79 Å². The van der Waals surface area contributed by atoms with Gasteiger partial charge in [0.1, 0.15) is 11.6 Å². The van der Waals surface area contributed by atoms with Gasteiger partial charge in [0.05, 0.1) is 12.2 Å². The molecule has 2 aliphatic rings. The molecule has 6 heteroatoms. The van der Waals surface area contributed by atoms with E-state index in [1.54, 1.807) is 0 Å². The maximum absolute atomic E-state index is 12.1. The Morgan fingerprint density at radius 2 is 1.95 bits per heavy atom. The van der Waals surface area contributed by atoms with Crippen LogP contribution in [0.1, 0.15) is 42.8 Å². The minimum Gasteiger partial charge on any atom is -0.356 e. The first-order chi connectivity index (χ1) is 10.7. The fourth-order valence-corrected chi connectivity index (χ4v) is 3.50. The number of alkyl halides is 1. The number of piperidine rings is 1. The molecule has 1 saturated heterocycles. The second-order valence-electron chi connectivity index (χ2n) is 6.07. The lowest BCUT2D eigenvalue weighted by atomic mass is 10.0. The van der Waals surface area contributed by atoms with Crippen LogP contribution in [0.25, 0.3) is 0 Å². The van der Waals surface area contributed by atoms with Crippen molar-refractivity contribution in [3.05, 3.63) is 17.1 Å². The predicted octanol–water partition coefficient (Wildman–Crippen LogP) is 2.29. The summed E-state index contributed by atoms with van der Waals surface area (Å²) in [7, 11) is 0. The van der Waals surface area contributed by atoms with Crippen LogP contribution in [-0.2, 0) is 17.8 Å². The number of amides is 1. The van der Waals surface area contributed by atoms with Gasteiger partial charge in [0, 0.05) is 43.9 Å². The number of hydrogen-bond donors (Lipinski definition) is 0. The molecule has 1 fully saturated rings. The van der Waals surface area contributed by atoms with Crippen molar-refractivity contribution in [1.29, 1.82) is 0 Å². The number of fused-ring (bicyclic) bond motifs is 1. The summed E-state index contributed by atoms with van der Waals surface area (Å²) in [5, 5.41) is 0. The van der Waals surface area contributed by atoms with Crippen LogP contribution in [0.2, 0.25) is 0 Å². The van der Waals surface area contributed by atoms with Crippen molar-refractivity contribution in [2.24, 2.45) is 0 Å². The summed E-state index contributed by atoms with van der Waals surface area (Å²) in [4.78, 5) is 25.7. The van der Waals surface area contributed by atoms with Crippen molar-refractivity contribution in [2.45, 2.75) is 45.6 Å². The Kier molecular flexibility index (Phi) is 4.81. The minimum atomic E-state index is 0.130. The van der Waals surface area contributed by atoms with Crippen LogP contribution in [-0.4, -0.2) is 46.3 Å². The number of carbonyl (C=O) groups is 1. The van der Waals surface area contributed by atoms with Gasteiger partial charge in [-0.15, -0.1) is 11.6 Å². The van der Waals surface area contributed by atoms with Crippen LogP contribution in [0.15, 0.2) is 0 Å². The van der Waals surface area contributed by atoms with Gasteiger partial charge < -0.3 is 9.80 Å². The van der Waals surface area contributed by atoms with E-state index in [0.717, 1.165) is 49.0 Å². The number of rotatable bonds is 3. The zero-order valence-corrected chi connectivity index (χ0v) is 13.9. The van der Waals surface area contributed by atoms with Gasteiger partial charge in [-0.3, -0.25) is 4.79 Å². The van der Waals surface area contributed by atoms with E-state index in [1.807, 2.05) is 11.8 Å². The van der Waals surface area contributed by atoms with E-state index in [4.69, 9.17) is 16.6 Å². The second kappa shape index (κ2) is 6.82. The summed E-state index contributed by atoms with van der Waals surface area (Å²) in [6.07, 6.45) is 4.94. The van der Waals surface area contributed by atoms with Crippen LogP contribution in [0, 0.1) is 6.92 Å². The summed E-state index contributed by atoms with van der Waals surface area (Å²) in [6.45, 7) is 5.42. The van der Waals surface area contributed by atoms with E-state index < -0.39 is 0 Å². The Balaban J connectivity index is 1.88. The molecule has 5 nitrogen and oxygen atoms in total. The van der Waals surface area contributed by atoms with Crippen molar-refractivity contribution in [2.75, 3.05) is 30.4 Å². The fourth-order valence-electron chi connectivity index (χ4n) is 3.34. The van der Waals surface area contributed by atoms with Gasteiger partial charge in [0.2, 0.25) is 5.91 Å². The Labute approximate surface area is 136 Å². The van der Waals surface area contributed by atoms with Crippen LogP contribution < -0.4 is 4.90 Å². The topological polar surface area (TPSA) is 49.3 Å². The maximum Gasteiger partial charge on any atom is 0.224 e. The molecule has 0 bridgehead atoms. The highest BCUT2D eigenvalue weighted by molar-refractivity contribution is 6.18. The molecule has 3 heterocycles. The van der Waals surface area contributed by atoms with Gasteiger partial charge in [-0.25, -0.2) is 9.97 Å². The fraction of sp³-hybridized carbons (Fsp3) is 0.688. The smallest absolute Gasteiger partial charge is 0.224 e. The van der Waals surface area contributed by atoms with E-state index in [-0.39, 0.29) is 5.91 Å². The highest BCUT2D eigenvalue weighted by Gasteiger charge is 2.27. The number of nitrogens with zero attached hydrogens (tertiary/aromatic N) is 4. The number of anilines is 1. The molecule has 22 heavy (non-hydrogen) atoms. The Morgan fingerprint density at radius 3 is 2.68 bits per heavy atom. The molecular weight excluding hydrogens is 300 g/mol. The molecule has 0 spiro atoms. The van der Waals surface area contributed by atoms with Crippen molar-refractivity contribution in [1.82, 2.24) is 14.9 Å². The summed E-state index contributed by atoms with van der Waals surface area (Å²) in [5.41, 5.74) is 2.25. The molecule has 0 saturated carbocycles. The summed E-state index contributed by atoms with van der Waals surface area (Å²) < 4.78 is 0. The molecule has 0 unspecified atom stereocenters. The zero-order chi connectivity index (χ0) is 15.5. The first-order valence-corrected chi connectivity index (χ1v) is 8.67. The molecule has 0 N–H and O–H groups in total. The van der Waals surface area contributed by atoms with Crippen molar-refractivity contribution in [3.63, 3.8) is 0 Å². The van der Waals surface area contributed by atoms with Gasteiger partial charge in [0.25, 0.3) is 0 Å². The van der Waals surface area contributed by atoms with Crippen LogP contribution >= 0.6 is 11.6 Å². The lowest BCUT2D eigenvalue weighted by Gasteiger charge is -2.34. The number of aryl methyl sites for hydroxylation is 1. The lowest BCUT2D eigenvalue weighted by molar-refractivity contribution is -0.131. The third-order valence-electron chi connectivity index (χ3n) is 4.47. The minimum absolute atomic E-state index is 0.130. The Morgan fingerprint density at radius 1 is 1.18 bits per heavy atom. The highest BCUT2D eigenvalue weighted by Crippen LogP contribution is 2.28. The van der Waals surface area contributed by atoms with Gasteiger partial charge in [-0.1, -0.05) is 0 Å². The second-order valence-corrected chi connectivity index (χ2v) is 6.45. The van der Waals surface area contributed by atoms with Gasteiger partial charge in [-0.05, 0) is 26.2 Å². The summed E-state index contributed by atoms with van der Waals surface area (Å²) in [6, 6.07) is 0. The molecule has 1 aromatic heterocycles. The molecule has 0 aromatic carbocycles. The standard InChI is InChI=1S/C16H23ClN4O/c1-12-18-14-6-10-21(15(22)5-7-17)11-13(14)16(19-12)20-8-3-2-4-9-20/h2-11H2,1H3. The van der Waals surface area contributed by atoms with E-state index in [1.165, 1.54) is 19.3 Å². The average Bonchev–Trinajstić information content (AvgIpc) is 2.54. The Hall–Kier alpha value is -1.36. The molecule has 2 aliphatic heterocycles. The molecule has 0 aliphatic carbocycles. The Bertz CT molecular complexity index is 557. The highest BCUT2D eigenvalue weighted by atomic mass is 35.5. The first-order valence-electron chi connectivity index (χ1n) is 8.14. The third-order valence-corrected chi connectivity index (χ3v) is 4.66. The number of hydrogen-bond acceptors (Lipinski definition) is 4. The molecular formula is C16H23ClN4O.